The summed E-state index contributed by atoms with van der Waals surface area (Å²) in [7, 11) is 1.63. The predicted molar refractivity (Wildman–Crippen MR) is 103 cm³/mol. The molecule has 3 heterocycles. The fraction of sp³-hybridized carbons (Fsp3) is 0.364. The highest BCUT2D eigenvalue weighted by Gasteiger charge is 2.38. The van der Waals surface area contributed by atoms with Crippen LogP contribution in [0.4, 0.5) is 4.79 Å². The number of ether oxygens (including phenoxy) is 2. The summed E-state index contributed by atoms with van der Waals surface area (Å²) < 4.78 is 10.9. The van der Waals surface area contributed by atoms with Gasteiger partial charge in [-0.3, -0.25) is 4.90 Å². The van der Waals surface area contributed by atoms with Crippen molar-refractivity contribution in [2.75, 3.05) is 7.11 Å². The number of nitrogens with zero attached hydrogens (tertiary/aromatic N) is 2. The summed E-state index contributed by atoms with van der Waals surface area (Å²) in [6.07, 6.45) is 7.74. The maximum atomic E-state index is 12.8. The molecular weight excluding hydrogens is 340 g/mol. The second-order valence-corrected chi connectivity index (χ2v) is 7.08. The number of benzene rings is 1. The third-order valence-corrected chi connectivity index (χ3v) is 5.37. The number of fused-ring (bicyclic) bond motifs is 2. The monoisotopic (exact) mass is 364 g/mol. The number of hydrogen-bond donors (Lipinski definition) is 0. The zero-order valence-electron chi connectivity index (χ0n) is 15.5. The van der Waals surface area contributed by atoms with E-state index in [0.29, 0.717) is 12.5 Å². The van der Waals surface area contributed by atoms with E-state index < -0.39 is 0 Å². The van der Waals surface area contributed by atoms with Crippen molar-refractivity contribution in [2.24, 2.45) is 0 Å². The lowest BCUT2D eigenvalue weighted by molar-refractivity contribution is 0.0510. The number of carbonyl (C=O) groups excluding carboxylic acids is 1. The zero-order chi connectivity index (χ0) is 18.6. The Morgan fingerprint density at radius 2 is 2.07 bits per heavy atom. The maximum absolute atomic E-state index is 12.8. The topological polar surface area (TPSA) is 51.7 Å². The number of amides is 1. The molecule has 27 heavy (non-hydrogen) atoms. The molecule has 1 aromatic heterocycles. The van der Waals surface area contributed by atoms with Crippen LogP contribution in [0.3, 0.4) is 0 Å². The highest BCUT2D eigenvalue weighted by atomic mass is 16.6. The summed E-state index contributed by atoms with van der Waals surface area (Å²) >= 11 is 0. The lowest BCUT2D eigenvalue weighted by Crippen LogP contribution is -2.51. The Labute approximate surface area is 159 Å². The molecule has 2 aliphatic rings. The average molecular weight is 364 g/mol. The van der Waals surface area contributed by atoms with Gasteiger partial charge in [-0.15, -0.1) is 0 Å². The second-order valence-electron chi connectivity index (χ2n) is 7.08. The molecule has 1 fully saturated rings. The summed E-state index contributed by atoms with van der Waals surface area (Å²) in [6, 6.07) is 14.1. The fourth-order valence-electron chi connectivity index (χ4n) is 4.04. The van der Waals surface area contributed by atoms with Gasteiger partial charge < -0.3 is 9.47 Å². The highest BCUT2D eigenvalue weighted by molar-refractivity contribution is 5.74. The van der Waals surface area contributed by atoms with Gasteiger partial charge in [-0.1, -0.05) is 36.4 Å². The molecule has 0 aliphatic carbocycles. The van der Waals surface area contributed by atoms with Gasteiger partial charge in [-0.05, 0) is 48.4 Å². The molecule has 1 amide bonds. The van der Waals surface area contributed by atoms with Crippen LogP contribution in [0, 0.1) is 0 Å². The Balaban J connectivity index is 1.50. The number of carbonyl (C=O) groups is 1. The quantitative estimate of drug-likeness (QED) is 0.805. The van der Waals surface area contributed by atoms with Crippen molar-refractivity contribution in [2.45, 2.75) is 44.4 Å². The molecule has 0 spiro atoms. The van der Waals surface area contributed by atoms with Gasteiger partial charge in [0.25, 0.3) is 0 Å². The smallest absolute Gasteiger partial charge is 0.410 e. The van der Waals surface area contributed by atoms with Gasteiger partial charge in [0, 0.05) is 18.3 Å². The number of pyridine rings is 1. The molecule has 1 saturated heterocycles. The van der Waals surface area contributed by atoms with Crippen LogP contribution in [0.5, 0.6) is 5.88 Å². The Kier molecular flexibility index (Phi) is 5.10. The number of piperidine rings is 1. The molecule has 5 nitrogen and oxygen atoms in total. The van der Waals surface area contributed by atoms with Crippen LogP contribution in [0.2, 0.25) is 0 Å². The molecule has 0 radical (unpaired) electrons. The zero-order valence-corrected chi connectivity index (χ0v) is 15.5. The fourth-order valence-corrected chi connectivity index (χ4v) is 4.04. The van der Waals surface area contributed by atoms with Gasteiger partial charge in [0.2, 0.25) is 5.88 Å². The first-order valence-electron chi connectivity index (χ1n) is 9.45. The number of rotatable bonds is 4. The van der Waals surface area contributed by atoms with E-state index in [1.165, 1.54) is 5.57 Å². The summed E-state index contributed by atoms with van der Waals surface area (Å²) in [6.45, 7) is 0.313. The number of hydrogen-bond acceptors (Lipinski definition) is 4. The predicted octanol–water partition coefficient (Wildman–Crippen LogP) is 4.44. The van der Waals surface area contributed by atoms with Gasteiger partial charge in [0.15, 0.2) is 0 Å². The summed E-state index contributed by atoms with van der Waals surface area (Å²) in [5.74, 6) is 0.614. The molecule has 1 aromatic carbocycles. The van der Waals surface area contributed by atoms with Crippen molar-refractivity contribution in [3.05, 3.63) is 65.9 Å². The lowest BCUT2D eigenvalue weighted by Gasteiger charge is -2.44. The Morgan fingerprint density at radius 1 is 1.22 bits per heavy atom. The molecular formula is C22H24N2O3. The minimum atomic E-state index is -0.212. The molecule has 2 bridgehead atoms. The summed E-state index contributed by atoms with van der Waals surface area (Å²) in [5.41, 5.74) is 3.39. The van der Waals surface area contributed by atoms with Crippen LogP contribution in [0.1, 0.15) is 36.8 Å². The first kappa shape index (κ1) is 17.6. The first-order chi connectivity index (χ1) is 13.2. The van der Waals surface area contributed by atoms with Crippen LogP contribution in [0.25, 0.3) is 5.57 Å². The minimum absolute atomic E-state index is 0.0925. The van der Waals surface area contributed by atoms with Crippen LogP contribution < -0.4 is 4.74 Å². The molecule has 0 saturated carbocycles. The second kappa shape index (κ2) is 7.82. The van der Waals surface area contributed by atoms with E-state index in [-0.39, 0.29) is 18.2 Å². The Hall–Kier alpha value is -2.82. The van der Waals surface area contributed by atoms with Crippen molar-refractivity contribution in [3.8, 4) is 5.88 Å². The molecule has 2 unspecified atom stereocenters. The van der Waals surface area contributed by atoms with Crippen molar-refractivity contribution < 1.29 is 14.3 Å². The molecule has 0 N–H and O–H groups in total. The number of methoxy groups -OCH3 is 1. The standard InChI is InChI=1S/C22H24N2O3/c1-26-21-14-17(10-11-23-21)18-12-19-8-5-9-20(13-18)24(19)22(25)27-15-16-6-3-2-4-7-16/h2-4,6-7,10-12,14,19-20H,5,8-9,13,15H2,1H3. The number of aromatic nitrogens is 1. The van der Waals surface area contributed by atoms with Gasteiger partial charge in [-0.2, -0.15) is 0 Å². The van der Waals surface area contributed by atoms with E-state index in [9.17, 15) is 4.79 Å². The van der Waals surface area contributed by atoms with Crippen LogP contribution in [-0.4, -0.2) is 35.2 Å². The minimum Gasteiger partial charge on any atom is -0.481 e. The third-order valence-electron chi connectivity index (χ3n) is 5.37. The first-order valence-corrected chi connectivity index (χ1v) is 9.45. The third kappa shape index (κ3) is 3.82. The van der Waals surface area contributed by atoms with Crippen LogP contribution >= 0.6 is 0 Å². The van der Waals surface area contributed by atoms with Crippen molar-refractivity contribution in [1.82, 2.24) is 9.88 Å². The van der Waals surface area contributed by atoms with E-state index >= 15 is 0 Å². The van der Waals surface area contributed by atoms with Gasteiger partial charge in [-0.25, -0.2) is 9.78 Å². The summed E-state index contributed by atoms with van der Waals surface area (Å²) in [4.78, 5) is 18.9. The average Bonchev–Trinajstić information content (AvgIpc) is 2.72. The van der Waals surface area contributed by atoms with Crippen molar-refractivity contribution in [1.29, 1.82) is 0 Å². The molecule has 2 aliphatic heterocycles. The SMILES string of the molecule is COc1cc(C2=CC3CCCC(C2)N3C(=O)OCc2ccccc2)ccn1. The van der Waals surface area contributed by atoms with E-state index in [2.05, 4.69) is 11.1 Å². The molecule has 4 rings (SSSR count). The molecule has 2 atom stereocenters. The van der Waals surface area contributed by atoms with E-state index in [0.717, 1.165) is 36.8 Å². The Bertz CT molecular complexity index is 834. The molecule has 2 aromatic rings. The molecule has 5 heteroatoms. The van der Waals surface area contributed by atoms with Crippen molar-refractivity contribution in [3.63, 3.8) is 0 Å². The van der Waals surface area contributed by atoms with E-state index in [1.54, 1.807) is 13.3 Å². The van der Waals surface area contributed by atoms with Gasteiger partial charge >= 0.3 is 6.09 Å². The van der Waals surface area contributed by atoms with Gasteiger partial charge in [0.05, 0.1) is 13.2 Å². The van der Waals surface area contributed by atoms with Crippen LogP contribution in [-0.2, 0) is 11.3 Å². The normalized spacial score (nSPS) is 21.4. The van der Waals surface area contributed by atoms with E-state index in [4.69, 9.17) is 9.47 Å². The van der Waals surface area contributed by atoms with Crippen molar-refractivity contribution >= 4 is 11.7 Å². The summed E-state index contributed by atoms with van der Waals surface area (Å²) in [5, 5.41) is 0. The lowest BCUT2D eigenvalue weighted by atomic mass is 9.83. The van der Waals surface area contributed by atoms with E-state index in [1.807, 2.05) is 47.4 Å². The van der Waals surface area contributed by atoms with Gasteiger partial charge in [0.1, 0.15) is 6.61 Å². The Morgan fingerprint density at radius 3 is 2.85 bits per heavy atom. The largest absolute Gasteiger partial charge is 0.481 e. The highest BCUT2D eigenvalue weighted by Crippen LogP contribution is 2.37. The molecule has 140 valence electrons. The van der Waals surface area contributed by atoms with Crippen LogP contribution in [0.15, 0.2) is 54.7 Å². The maximum Gasteiger partial charge on any atom is 0.410 e.